The number of anilines is 2. The fourth-order valence-corrected chi connectivity index (χ4v) is 17.2. The molecule has 10 aromatic carbocycles. The van der Waals surface area contributed by atoms with E-state index >= 15 is 0 Å². The first-order chi connectivity index (χ1) is 34.8. The van der Waals surface area contributed by atoms with Crippen LogP contribution in [0.25, 0.3) is 60.6 Å². The molecule has 3 heterocycles. The second-order valence-corrected chi connectivity index (χ2v) is 22.5. The number of rotatable bonds is 8. The Labute approximate surface area is 408 Å². The molecule has 0 N–H and O–H groups in total. The standard InChI is InChI=1S/C66H47N3Si/c1-5-22-46(23-6-1)68-58-36-16-13-30-52(58)54-34-19-35-55(66(54)68)53-33-20-39-61-64(53)56-31-14-18-38-60(56)69(61)63-41-21-40-62-65(63)57-32-15-17-37-59(57)67(62)47-42-44-51(45-43-47)70(48-24-7-2-8-25-48,49-26-9-3-10-27-49)50-28-11-4-12-29-50/h1-45,61,64H. The lowest BCUT2D eigenvalue weighted by molar-refractivity contribution is 0.761. The monoisotopic (exact) mass is 909 g/mol. The molecule has 330 valence electrons. The number of para-hydroxylation sites is 5. The third kappa shape index (κ3) is 5.93. The molecule has 0 amide bonds. The molecule has 2 unspecified atom stereocenters. The SMILES string of the molecule is C1=CC2C(C(c3cccc4c5ccccc5n(-c5ccccc5)c34)=C1)c1ccccc1N2c1cccc2c1c1ccccc1n2-c1ccc([Si](c2ccccc2)(c2ccccc2)c2ccccc2)cc1. The molecule has 3 nitrogen and oxygen atoms in total. The van der Waals surface area contributed by atoms with E-state index in [1.807, 2.05) is 0 Å². The Morgan fingerprint density at radius 1 is 0.357 bits per heavy atom. The van der Waals surface area contributed by atoms with Gasteiger partial charge in [-0.25, -0.2) is 0 Å². The van der Waals surface area contributed by atoms with Crippen molar-refractivity contribution in [2.24, 2.45) is 0 Å². The summed E-state index contributed by atoms with van der Waals surface area (Å²) in [6, 6.07) is 94.8. The van der Waals surface area contributed by atoms with E-state index in [0.29, 0.717) is 0 Å². The highest BCUT2D eigenvalue weighted by Gasteiger charge is 2.43. The van der Waals surface area contributed by atoms with Crippen molar-refractivity contribution in [2.45, 2.75) is 12.0 Å². The Bertz CT molecular complexity index is 3900. The highest BCUT2D eigenvalue weighted by Crippen LogP contribution is 2.55. The second kappa shape index (κ2) is 16.2. The Hall–Kier alpha value is -8.70. The number of nitrogens with zero attached hydrogens (tertiary/aromatic N) is 3. The molecule has 2 aliphatic rings. The number of fused-ring (bicyclic) bond motifs is 9. The predicted octanol–water partition coefficient (Wildman–Crippen LogP) is 13.5. The van der Waals surface area contributed by atoms with Crippen LogP contribution < -0.4 is 25.6 Å². The van der Waals surface area contributed by atoms with Gasteiger partial charge in [0.15, 0.2) is 8.07 Å². The lowest BCUT2D eigenvalue weighted by Crippen LogP contribution is -2.74. The smallest absolute Gasteiger partial charge is 0.179 e. The van der Waals surface area contributed by atoms with Crippen molar-refractivity contribution in [3.8, 4) is 11.4 Å². The molecule has 0 saturated carbocycles. The zero-order valence-corrected chi connectivity index (χ0v) is 39.5. The fourth-order valence-electron chi connectivity index (χ4n) is 12.4. The molecule has 1 aliphatic carbocycles. The molecule has 0 radical (unpaired) electrons. The van der Waals surface area contributed by atoms with Gasteiger partial charge < -0.3 is 14.0 Å². The van der Waals surface area contributed by atoms with Crippen LogP contribution in [-0.4, -0.2) is 23.2 Å². The average molecular weight is 910 g/mol. The maximum atomic E-state index is 2.64. The summed E-state index contributed by atoms with van der Waals surface area (Å²) in [6.45, 7) is 0. The van der Waals surface area contributed by atoms with Gasteiger partial charge in [0, 0.05) is 50.1 Å². The number of benzene rings is 10. The zero-order chi connectivity index (χ0) is 46.2. The molecule has 1 aliphatic heterocycles. The molecule has 2 aromatic heterocycles. The van der Waals surface area contributed by atoms with Crippen LogP contribution in [0.1, 0.15) is 17.0 Å². The summed E-state index contributed by atoms with van der Waals surface area (Å²) in [5.74, 6) is 0.105. The second-order valence-electron chi connectivity index (χ2n) is 18.7. The molecule has 14 rings (SSSR count). The maximum Gasteiger partial charge on any atom is 0.179 e. The van der Waals surface area contributed by atoms with Crippen LogP contribution in [0.15, 0.2) is 273 Å². The summed E-state index contributed by atoms with van der Waals surface area (Å²) in [7, 11) is -2.70. The Kier molecular flexibility index (Phi) is 9.36. The summed E-state index contributed by atoms with van der Waals surface area (Å²) in [5.41, 5.74) is 13.6. The van der Waals surface area contributed by atoms with Gasteiger partial charge in [-0.05, 0) is 86.5 Å². The van der Waals surface area contributed by atoms with Crippen LogP contribution in [0.3, 0.4) is 0 Å². The summed E-state index contributed by atoms with van der Waals surface area (Å²) < 4.78 is 4.96. The summed E-state index contributed by atoms with van der Waals surface area (Å²) in [5, 5.41) is 10.5. The van der Waals surface area contributed by atoms with E-state index in [9.17, 15) is 0 Å². The first-order valence-electron chi connectivity index (χ1n) is 24.4. The Balaban J connectivity index is 0.930. The molecule has 0 bridgehead atoms. The summed E-state index contributed by atoms with van der Waals surface area (Å²) in [6.07, 6.45) is 7.11. The van der Waals surface area contributed by atoms with Gasteiger partial charge in [0.05, 0.1) is 33.8 Å². The van der Waals surface area contributed by atoms with Gasteiger partial charge in [-0.2, -0.15) is 0 Å². The van der Waals surface area contributed by atoms with Gasteiger partial charge in [-0.15, -0.1) is 0 Å². The minimum absolute atomic E-state index is 0.0567. The van der Waals surface area contributed by atoms with Crippen molar-refractivity contribution in [2.75, 3.05) is 4.90 Å². The highest BCUT2D eigenvalue weighted by atomic mass is 28.3. The fraction of sp³-hybridized carbons (Fsp3) is 0.0303. The van der Waals surface area contributed by atoms with E-state index in [1.165, 1.54) is 98.1 Å². The number of hydrogen-bond acceptors (Lipinski definition) is 1. The quantitative estimate of drug-likeness (QED) is 0.109. The lowest BCUT2D eigenvalue weighted by Gasteiger charge is -2.34. The van der Waals surface area contributed by atoms with Gasteiger partial charge in [0.2, 0.25) is 0 Å². The van der Waals surface area contributed by atoms with E-state index < -0.39 is 8.07 Å². The lowest BCUT2D eigenvalue weighted by atomic mass is 9.80. The predicted molar refractivity (Wildman–Crippen MR) is 297 cm³/mol. The van der Waals surface area contributed by atoms with Crippen LogP contribution >= 0.6 is 0 Å². The topological polar surface area (TPSA) is 13.1 Å². The molecule has 0 spiro atoms. The Morgan fingerprint density at radius 3 is 1.54 bits per heavy atom. The third-order valence-electron chi connectivity index (χ3n) is 15.2. The van der Waals surface area contributed by atoms with E-state index in [1.54, 1.807) is 0 Å². The molecule has 70 heavy (non-hydrogen) atoms. The van der Waals surface area contributed by atoms with E-state index in [4.69, 9.17) is 0 Å². The van der Waals surface area contributed by atoms with Crippen molar-refractivity contribution in [3.63, 3.8) is 0 Å². The van der Waals surface area contributed by atoms with Crippen LogP contribution in [0.5, 0.6) is 0 Å². The van der Waals surface area contributed by atoms with Crippen molar-refractivity contribution in [3.05, 3.63) is 284 Å². The van der Waals surface area contributed by atoms with Crippen molar-refractivity contribution >= 4 is 89.4 Å². The summed E-state index contributed by atoms with van der Waals surface area (Å²) in [4.78, 5) is 2.64. The first kappa shape index (κ1) is 40.4. The molecule has 12 aromatic rings. The molecule has 0 fully saturated rings. The number of hydrogen-bond donors (Lipinski definition) is 0. The largest absolute Gasteiger partial charge is 0.333 e. The van der Waals surface area contributed by atoms with Crippen LogP contribution in [-0.2, 0) is 0 Å². The zero-order valence-electron chi connectivity index (χ0n) is 38.5. The molecule has 0 saturated heterocycles. The van der Waals surface area contributed by atoms with E-state index in [-0.39, 0.29) is 12.0 Å². The van der Waals surface area contributed by atoms with Gasteiger partial charge in [0.1, 0.15) is 0 Å². The third-order valence-corrected chi connectivity index (χ3v) is 20.0. The maximum absolute atomic E-state index is 2.70. The minimum Gasteiger partial charge on any atom is -0.333 e. The molecule has 4 heteroatoms. The van der Waals surface area contributed by atoms with Crippen LogP contribution in [0.2, 0.25) is 0 Å². The average Bonchev–Trinajstić information content (AvgIpc) is 4.09. The van der Waals surface area contributed by atoms with Crippen LogP contribution in [0, 0.1) is 0 Å². The van der Waals surface area contributed by atoms with Crippen molar-refractivity contribution < 1.29 is 0 Å². The van der Waals surface area contributed by atoms with Crippen molar-refractivity contribution in [1.82, 2.24) is 9.13 Å². The van der Waals surface area contributed by atoms with Gasteiger partial charge in [-0.1, -0.05) is 218 Å². The number of aromatic nitrogens is 2. The van der Waals surface area contributed by atoms with E-state index in [0.717, 1.165) is 5.69 Å². The Morgan fingerprint density at radius 2 is 0.857 bits per heavy atom. The molecule has 2 atom stereocenters. The van der Waals surface area contributed by atoms with Gasteiger partial charge >= 0.3 is 0 Å². The van der Waals surface area contributed by atoms with Crippen LogP contribution in [0.4, 0.5) is 11.4 Å². The molecular weight excluding hydrogens is 863 g/mol. The summed E-state index contributed by atoms with van der Waals surface area (Å²) >= 11 is 0. The molecular formula is C66H47N3Si. The normalized spacial score (nSPS) is 15.4. The van der Waals surface area contributed by atoms with Crippen molar-refractivity contribution in [1.29, 1.82) is 0 Å². The number of allylic oxidation sites excluding steroid dienone is 2. The van der Waals surface area contributed by atoms with Gasteiger partial charge in [0.25, 0.3) is 0 Å². The van der Waals surface area contributed by atoms with Gasteiger partial charge in [-0.3, -0.25) is 0 Å². The highest BCUT2D eigenvalue weighted by molar-refractivity contribution is 7.19. The van der Waals surface area contributed by atoms with E-state index in [2.05, 4.69) is 287 Å². The first-order valence-corrected chi connectivity index (χ1v) is 26.4. The minimum atomic E-state index is -2.70.